The number of alkyl halides is 4. The number of aliphatic carboxylic acids is 1. The molecular formula is C13H9F4N3O2. The Bertz CT molecular complexity index is 722. The van der Waals surface area contributed by atoms with Gasteiger partial charge >= 0.3 is 12.1 Å². The van der Waals surface area contributed by atoms with Crippen LogP contribution in [0.25, 0.3) is 17.5 Å². The van der Waals surface area contributed by atoms with Crippen LogP contribution in [-0.4, -0.2) is 26.3 Å². The Balaban J connectivity index is 2.42. The first-order valence-electron chi connectivity index (χ1n) is 5.91. The van der Waals surface area contributed by atoms with E-state index in [2.05, 4.69) is 15.2 Å². The molecule has 0 bridgehead atoms. The standard InChI is InChI=1S/C13H9F4N3O2/c14-6-7-3-8(5-9(4-7)13(15,16)17)12-18-10(19-20-12)1-2-11(21)22/h1-5H,6H2,(H,21,22)(H,18,19,20)/b2-1-. The van der Waals surface area contributed by atoms with E-state index in [1.807, 2.05) is 0 Å². The van der Waals surface area contributed by atoms with E-state index in [4.69, 9.17) is 5.11 Å². The summed E-state index contributed by atoms with van der Waals surface area (Å²) in [5.41, 5.74) is -1.15. The molecule has 2 N–H and O–H groups in total. The van der Waals surface area contributed by atoms with Crippen LogP contribution in [0.1, 0.15) is 17.0 Å². The molecule has 0 aliphatic carbocycles. The molecule has 9 heteroatoms. The minimum absolute atomic E-state index is 0.00458. The minimum Gasteiger partial charge on any atom is -0.478 e. The molecule has 22 heavy (non-hydrogen) atoms. The average molecular weight is 315 g/mol. The van der Waals surface area contributed by atoms with Crippen molar-refractivity contribution in [3.8, 4) is 11.4 Å². The number of hydrogen-bond acceptors (Lipinski definition) is 3. The third kappa shape index (κ3) is 3.68. The predicted octanol–water partition coefficient (Wildman–Crippen LogP) is 3.06. The summed E-state index contributed by atoms with van der Waals surface area (Å²) in [6, 6.07) is 2.73. The number of nitrogens with zero attached hydrogens (tertiary/aromatic N) is 2. The van der Waals surface area contributed by atoms with Crippen LogP contribution < -0.4 is 0 Å². The van der Waals surface area contributed by atoms with Crippen molar-refractivity contribution < 1.29 is 27.5 Å². The second-order valence-corrected chi connectivity index (χ2v) is 4.28. The summed E-state index contributed by atoms with van der Waals surface area (Å²) >= 11 is 0. The second-order valence-electron chi connectivity index (χ2n) is 4.28. The van der Waals surface area contributed by atoms with Gasteiger partial charge in [-0.25, -0.2) is 9.18 Å². The Morgan fingerprint density at radius 3 is 2.59 bits per heavy atom. The first-order valence-corrected chi connectivity index (χ1v) is 5.91. The Morgan fingerprint density at radius 2 is 2.00 bits per heavy atom. The number of aromatic amines is 1. The number of H-pyrrole nitrogens is 1. The number of nitrogens with one attached hydrogen (secondary N) is 1. The van der Waals surface area contributed by atoms with Crippen molar-refractivity contribution in [2.45, 2.75) is 12.9 Å². The molecule has 0 saturated carbocycles. The van der Waals surface area contributed by atoms with Gasteiger partial charge in [0.15, 0.2) is 11.6 Å². The molecule has 0 fully saturated rings. The largest absolute Gasteiger partial charge is 0.478 e. The summed E-state index contributed by atoms with van der Waals surface area (Å²) < 4.78 is 51.0. The van der Waals surface area contributed by atoms with Crippen molar-refractivity contribution in [2.24, 2.45) is 0 Å². The molecule has 0 aliphatic heterocycles. The van der Waals surface area contributed by atoms with Gasteiger partial charge in [0, 0.05) is 11.6 Å². The van der Waals surface area contributed by atoms with E-state index in [-0.39, 0.29) is 22.8 Å². The van der Waals surface area contributed by atoms with Crippen molar-refractivity contribution >= 4 is 12.0 Å². The first-order chi connectivity index (χ1) is 10.3. The van der Waals surface area contributed by atoms with Crippen molar-refractivity contribution in [2.75, 3.05) is 0 Å². The Hall–Kier alpha value is -2.71. The van der Waals surface area contributed by atoms with Crippen molar-refractivity contribution in [1.82, 2.24) is 15.2 Å². The number of carboxylic acid groups (broad SMARTS) is 1. The zero-order chi connectivity index (χ0) is 16.3. The number of halogens is 4. The number of hydrogen-bond donors (Lipinski definition) is 2. The maximum absolute atomic E-state index is 12.8. The van der Waals surface area contributed by atoms with E-state index >= 15 is 0 Å². The second kappa shape index (κ2) is 5.96. The molecule has 0 atom stereocenters. The zero-order valence-electron chi connectivity index (χ0n) is 10.9. The summed E-state index contributed by atoms with van der Waals surface area (Å²) in [6.45, 7) is -1.06. The molecule has 116 valence electrons. The van der Waals surface area contributed by atoms with Gasteiger partial charge < -0.3 is 10.1 Å². The monoisotopic (exact) mass is 315 g/mol. The van der Waals surface area contributed by atoms with Gasteiger partial charge in [-0.2, -0.15) is 13.2 Å². The normalized spacial score (nSPS) is 12.0. The molecule has 0 aliphatic rings. The van der Waals surface area contributed by atoms with Gasteiger partial charge in [0.25, 0.3) is 0 Å². The van der Waals surface area contributed by atoms with Crippen LogP contribution in [0.4, 0.5) is 17.6 Å². The van der Waals surface area contributed by atoms with E-state index in [0.29, 0.717) is 6.07 Å². The van der Waals surface area contributed by atoms with Crippen LogP contribution in [0, 0.1) is 0 Å². The van der Waals surface area contributed by atoms with Crippen molar-refractivity contribution in [1.29, 1.82) is 0 Å². The summed E-state index contributed by atoms with van der Waals surface area (Å²) in [5, 5.41) is 15.7. The van der Waals surface area contributed by atoms with Crippen LogP contribution in [0.15, 0.2) is 24.3 Å². The summed E-state index contributed by atoms with van der Waals surface area (Å²) in [5.74, 6) is -1.18. The van der Waals surface area contributed by atoms with E-state index in [1.165, 1.54) is 6.07 Å². The number of carboxylic acids is 1. The lowest BCUT2D eigenvalue weighted by atomic mass is 10.1. The SMILES string of the molecule is O=C(O)/C=C\c1nnc(-c2cc(CF)cc(C(F)(F)F)c2)[nH]1. The van der Waals surface area contributed by atoms with Crippen LogP contribution >= 0.6 is 0 Å². The highest BCUT2D eigenvalue weighted by Gasteiger charge is 2.31. The molecule has 1 aromatic carbocycles. The quantitative estimate of drug-likeness (QED) is 0.671. The van der Waals surface area contributed by atoms with Gasteiger partial charge in [0.2, 0.25) is 0 Å². The summed E-state index contributed by atoms with van der Waals surface area (Å²) in [7, 11) is 0. The van der Waals surface area contributed by atoms with Crippen molar-refractivity contribution in [3.63, 3.8) is 0 Å². The van der Waals surface area contributed by atoms with Gasteiger partial charge in [-0.15, -0.1) is 10.2 Å². The first kappa shape index (κ1) is 15.7. The third-order valence-electron chi connectivity index (χ3n) is 2.64. The van der Waals surface area contributed by atoms with Gasteiger partial charge in [-0.1, -0.05) is 0 Å². The maximum atomic E-state index is 12.8. The molecule has 0 radical (unpaired) electrons. The molecule has 2 aromatic rings. The molecule has 0 unspecified atom stereocenters. The van der Waals surface area contributed by atoms with Crippen LogP contribution in [0.5, 0.6) is 0 Å². The number of aromatic nitrogens is 3. The fraction of sp³-hybridized carbons (Fsp3) is 0.154. The molecule has 5 nitrogen and oxygen atoms in total. The van der Waals surface area contributed by atoms with Crippen molar-refractivity contribution in [3.05, 3.63) is 41.2 Å². The highest BCUT2D eigenvalue weighted by molar-refractivity contribution is 5.84. The highest BCUT2D eigenvalue weighted by atomic mass is 19.4. The lowest BCUT2D eigenvalue weighted by Crippen LogP contribution is -2.06. The fourth-order valence-electron chi connectivity index (χ4n) is 1.70. The van der Waals surface area contributed by atoms with Crippen LogP contribution in [0.2, 0.25) is 0 Å². The van der Waals surface area contributed by atoms with Crippen LogP contribution in [-0.2, 0) is 17.6 Å². The minimum atomic E-state index is -4.62. The Kier molecular flexibility index (Phi) is 4.25. The van der Waals surface area contributed by atoms with Gasteiger partial charge in [0.1, 0.15) is 6.67 Å². The fourth-order valence-corrected chi connectivity index (χ4v) is 1.70. The maximum Gasteiger partial charge on any atom is 0.416 e. The Labute approximate surface area is 121 Å². The molecule has 1 heterocycles. The lowest BCUT2D eigenvalue weighted by molar-refractivity contribution is -0.137. The Morgan fingerprint density at radius 1 is 1.27 bits per heavy atom. The van der Waals surface area contributed by atoms with Gasteiger partial charge in [-0.3, -0.25) is 0 Å². The molecule has 0 saturated heterocycles. The van der Waals surface area contributed by atoms with Crippen LogP contribution in [0.3, 0.4) is 0 Å². The topological polar surface area (TPSA) is 78.9 Å². The summed E-state index contributed by atoms with van der Waals surface area (Å²) in [4.78, 5) is 12.9. The lowest BCUT2D eigenvalue weighted by Gasteiger charge is -2.09. The number of carbonyl (C=O) groups is 1. The molecule has 2 rings (SSSR count). The third-order valence-corrected chi connectivity index (χ3v) is 2.64. The zero-order valence-corrected chi connectivity index (χ0v) is 10.9. The predicted molar refractivity (Wildman–Crippen MR) is 68.3 cm³/mol. The van der Waals surface area contributed by atoms with E-state index in [0.717, 1.165) is 18.2 Å². The summed E-state index contributed by atoms with van der Waals surface area (Å²) in [6.07, 6.45) is -2.72. The van der Waals surface area contributed by atoms with Gasteiger partial charge in [-0.05, 0) is 29.8 Å². The molecule has 0 amide bonds. The highest BCUT2D eigenvalue weighted by Crippen LogP contribution is 2.33. The molecule has 1 aromatic heterocycles. The van der Waals surface area contributed by atoms with Gasteiger partial charge in [0.05, 0.1) is 5.56 Å². The van der Waals surface area contributed by atoms with E-state index in [1.54, 1.807) is 0 Å². The average Bonchev–Trinajstić information content (AvgIpc) is 2.92. The van der Waals surface area contributed by atoms with E-state index in [9.17, 15) is 22.4 Å². The van der Waals surface area contributed by atoms with E-state index < -0.39 is 24.4 Å². The smallest absolute Gasteiger partial charge is 0.416 e. The molecular weight excluding hydrogens is 306 g/mol. The number of rotatable bonds is 4. The molecule has 0 spiro atoms. The number of benzene rings is 1.